The van der Waals surface area contributed by atoms with Gasteiger partial charge in [0.25, 0.3) is 0 Å². The molecule has 4 heteroatoms. The van der Waals surface area contributed by atoms with Crippen molar-refractivity contribution >= 4 is 28.5 Å². The number of hydrogen-bond acceptors (Lipinski definition) is 3. The van der Waals surface area contributed by atoms with Crippen LogP contribution in [0.4, 0.5) is 0 Å². The Morgan fingerprint density at radius 1 is 1.09 bits per heavy atom. The van der Waals surface area contributed by atoms with Crippen molar-refractivity contribution in [3.05, 3.63) is 71.9 Å². The zero-order chi connectivity index (χ0) is 16.2. The molecular formula is C19H15NO3. The fourth-order valence-electron chi connectivity index (χ4n) is 2.38. The number of rotatable bonds is 5. The van der Waals surface area contributed by atoms with Crippen molar-refractivity contribution in [3.8, 4) is 5.75 Å². The molecule has 23 heavy (non-hydrogen) atoms. The predicted molar refractivity (Wildman–Crippen MR) is 89.4 cm³/mol. The topological polar surface area (TPSA) is 70.2 Å². The number of carbonyl (C=O) groups excluding carboxylic acids is 2. The minimum Gasteiger partial charge on any atom is -0.507 e. The van der Waals surface area contributed by atoms with Crippen molar-refractivity contribution in [3.63, 3.8) is 0 Å². The van der Waals surface area contributed by atoms with Crippen LogP contribution in [0.5, 0.6) is 5.75 Å². The zero-order valence-corrected chi connectivity index (χ0v) is 12.3. The molecule has 0 saturated heterocycles. The van der Waals surface area contributed by atoms with E-state index >= 15 is 0 Å². The molecule has 114 valence electrons. The SMILES string of the molecule is O=C(C=Cc1ccccc1)CC(=O)c1cc2[nH]ccc2cc1O. The lowest BCUT2D eigenvalue weighted by atomic mass is 10.0. The Hall–Kier alpha value is -3.14. The maximum Gasteiger partial charge on any atom is 0.174 e. The lowest BCUT2D eigenvalue weighted by Crippen LogP contribution is -2.06. The molecule has 0 radical (unpaired) electrons. The molecule has 0 aliphatic rings. The van der Waals surface area contributed by atoms with Crippen LogP contribution in [0, 0.1) is 0 Å². The maximum absolute atomic E-state index is 12.2. The highest BCUT2D eigenvalue weighted by molar-refractivity contribution is 6.14. The van der Waals surface area contributed by atoms with Gasteiger partial charge in [0.1, 0.15) is 5.75 Å². The highest BCUT2D eigenvalue weighted by atomic mass is 16.3. The first-order valence-electron chi connectivity index (χ1n) is 7.23. The third kappa shape index (κ3) is 3.37. The van der Waals surface area contributed by atoms with Crippen molar-refractivity contribution in [2.24, 2.45) is 0 Å². The predicted octanol–water partition coefficient (Wildman–Crippen LogP) is 3.73. The number of phenolic OH excluding ortho intramolecular Hbond substituents is 1. The molecule has 0 unspecified atom stereocenters. The number of aromatic amines is 1. The van der Waals surface area contributed by atoms with E-state index in [1.165, 1.54) is 12.1 Å². The quantitative estimate of drug-likeness (QED) is 0.428. The van der Waals surface area contributed by atoms with Crippen LogP contribution in [0.25, 0.3) is 17.0 Å². The summed E-state index contributed by atoms with van der Waals surface area (Å²) in [6, 6.07) is 14.3. The highest BCUT2D eigenvalue weighted by Crippen LogP contribution is 2.25. The Kier molecular flexibility index (Phi) is 4.06. The summed E-state index contributed by atoms with van der Waals surface area (Å²) in [6.07, 6.45) is 4.51. The fraction of sp³-hybridized carbons (Fsp3) is 0.0526. The number of phenols is 1. The van der Waals surface area contributed by atoms with Crippen LogP contribution in [-0.4, -0.2) is 21.7 Å². The van der Waals surface area contributed by atoms with Gasteiger partial charge in [0.2, 0.25) is 0 Å². The van der Waals surface area contributed by atoms with Gasteiger partial charge in [0, 0.05) is 17.1 Å². The molecule has 2 aromatic carbocycles. The van der Waals surface area contributed by atoms with E-state index in [0.29, 0.717) is 0 Å². The molecule has 0 bridgehead atoms. The van der Waals surface area contributed by atoms with Gasteiger partial charge in [-0.15, -0.1) is 0 Å². The van der Waals surface area contributed by atoms with Crippen molar-refractivity contribution in [2.75, 3.05) is 0 Å². The number of ketones is 2. The van der Waals surface area contributed by atoms with Crippen LogP contribution < -0.4 is 0 Å². The van der Waals surface area contributed by atoms with Crippen LogP contribution in [0.1, 0.15) is 22.3 Å². The van der Waals surface area contributed by atoms with Crippen molar-refractivity contribution in [1.82, 2.24) is 4.98 Å². The Morgan fingerprint density at radius 3 is 2.65 bits per heavy atom. The lowest BCUT2D eigenvalue weighted by molar-refractivity contribution is -0.113. The molecule has 0 aliphatic carbocycles. The van der Waals surface area contributed by atoms with Crippen LogP contribution in [0.3, 0.4) is 0 Å². The van der Waals surface area contributed by atoms with Crippen molar-refractivity contribution in [1.29, 1.82) is 0 Å². The number of carbonyl (C=O) groups is 2. The summed E-state index contributed by atoms with van der Waals surface area (Å²) in [5.41, 5.74) is 1.80. The van der Waals surface area contributed by atoms with E-state index in [0.717, 1.165) is 16.5 Å². The molecule has 0 amide bonds. The summed E-state index contributed by atoms with van der Waals surface area (Å²) in [4.78, 5) is 27.1. The van der Waals surface area contributed by atoms with Gasteiger partial charge >= 0.3 is 0 Å². The van der Waals surface area contributed by atoms with Crippen LogP contribution in [-0.2, 0) is 4.79 Å². The number of allylic oxidation sites excluding steroid dienone is 1. The first-order valence-corrected chi connectivity index (χ1v) is 7.23. The van der Waals surface area contributed by atoms with E-state index in [4.69, 9.17) is 0 Å². The third-order valence-electron chi connectivity index (χ3n) is 3.57. The average molecular weight is 305 g/mol. The zero-order valence-electron chi connectivity index (χ0n) is 12.3. The van der Waals surface area contributed by atoms with Gasteiger partial charge in [-0.25, -0.2) is 0 Å². The molecule has 0 fully saturated rings. The average Bonchev–Trinajstić information content (AvgIpc) is 3.00. The number of fused-ring (bicyclic) bond motifs is 1. The minimum atomic E-state index is -0.401. The van der Waals surface area contributed by atoms with Gasteiger partial charge in [-0.3, -0.25) is 9.59 Å². The van der Waals surface area contributed by atoms with Gasteiger partial charge < -0.3 is 10.1 Å². The Bertz CT molecular complexity index is 891. The van der Waals surface area contributed by atoms with Gasteiger partial charge in [-0.2, -0.15) is 0 Å². The molecule has 2 N–H and O–H groups in total. The molecule has 1 heterocycles. The molecular weight excluding hydrogens is 290 g/mol. The number of benzene rings is 2. The maximum atomic E-state index is 12.2. The van der Waals surface area contributed by atoms with Crippen LogP contribution in [0.15, 0.2) is 60.8 Å². The number of H-pyrrole nitrogens is 1. The molecule has 4 nitrogen and oxygen atoms in total. The summed E-state index contributed by atoms with van der Waals surface area (Å²) in [7, 11) is 0. The largest absolute Gasteiger partial charge is 0.507 e. The monoisotopic (exact) mass is 305 g/mol. The fourth-order valence-corrected chi connectivity index (χ4v) is 2.38. The smallest absolute Gasteiger partial charge is 0.174 e. The number of aromatic nitrogens is 1. The minimum absolute atomic E-state index is 0.109. The first kappa shape index (κ1) is 14.8. The van der Waals surface area contributed by atoms with E-state index in [9.17, 15) is 14.7 Å². The van der Waals surface area contributed by atoms with Gasteiger partial charge in [0.05, 0.1) is 12.0 Å². The Labute approximate surface area is 133 Å². The van der Waals surface area contributed by atoms with Crippen molar-refractivity contribution in [2.45, 2.75) is 6.42 Å². The summed E-state index contributed by atoms with van der Waals surface area (Å²) in [6.45, 7) is 0. The lowest BCUT2D eigenvalue weighted by Gasteiger charge is -2.03. The summed E-state index contributed by atoms with van der Waals surface area (Å²) in [5.74, 6) is -0.812. The van der Waals surface area contributed by atoms with Gasteiger partial charge in [0.15, 0.2) is 11.6 Å². The molecule has 0 aliphatic heterocycles. The van der Waals surface area contributed by atoms with Crippen molar-refractivity contribution < 1.29 is 14.7 Å². The molecule has 0 spiro atoms. The van der Waals surface area contributed by atoms with Crippen LogP contribution in [0.2, 0.25) is 0 Å². The highest BCUT2D eigenvalue weighted by Gasteiger charge is 2.15. The molecule has 1 aromatic heterocycles. The third-order valence-corrected chi connectivity index (χ3v) is 3.57. The number of nitrogens with one attached hydrogen (secondary N) is 1. The molecule has 3 aromatic rings. The summed E-state index contributed by atoms with van der Waals surface area (Å²) >= 11 is 0. The Morgan fingerprint density at radius 2 is 1.87 bits per heavy atom. The molecule has 0 saturated carbocycles. The van der Waals surface area contributed by atoms with Gasteiger partial charge in [-0.05, 0) is 29.8 Å². The standard InChI is InChI=1S/C19H15NO3/c21-15(7-6-13-4-2-1-3-5-13)11-19(23)16-12-17-14(8-9-20-17)10-18(16)22/h1-10,12,20,22H,11H2. The van der Waals surface area contributed by atoms with E-state index in [-0.39, 0.29) is 23.5 Å². The van der Waals surface area contributed by atoms with E-state index < -0.39 is 5.78 Å². The first-order chi connectivity index (χ1) is 11.1. The number of Topliss-reactive ketones (excluding diaryl/α,β-unsaturated/α-hetero) is 1. The summed E-state index contributed by atoms with van der Waals surface area (Å²) in [5, 5.41) is 10.8. The second kappa shape index (κ2) is 6.32. The second-order valence-corrected chi connectivity index (χ2v) is 5.24. The summed E-state index contributed by atoms with van der Waals surface area (Å²) < 4.78 is 0. The van der Waals surface area contributed by atoms with Crippen LogP contribution >= 0.6 is 0 Å². The van der Waals surface area contributed by atoms with E-state index in [1.54, 1.807) is 24.4 Å². The molecule has 3 rings (SSSR count). The second-order valence-electron chi connectivity index (χ2n) is 5.24. The van der Waals surface area contributed by atoms with Gasteiger partial charge in [-0.1, -0.05) is 36.4 Å². The van der Waals surface area contributed by atoms with E-state index in [2.05, 4.69) is 4.98 Å². The number of aromatic hydroxyl groups is 1. The molecule has 0 atom stereocenters. The Balaban J connectivity index is 1.73. The number of hydrogen-bond donors (Lipinski definition) is 2. The normalized spacial score (nSPS) is 11.1. The van der Waals surface area contributed by atoms with E-state index in [1.807, 2.05) is 30.3 Å².